The molecule has 0 unspecified atom stereocenters. The van der Waals surface area contributed by atoms with Crippen LogP contribution >= 0.6 is 0 Å². The highest BCUT2D eigenvalue weighted by molar-refractivity contribution is 7.89. The molecule has 0 radical (unpaired) electrons. The first-order valence-corrected chi connectivity index (χ1v) is 13.0. The van der Waals surface area contributed by atoms with Crippen LogP contribution < -0.4 is 5.73 Å². The van der Waals surface area contributed by atoms with E-state index in [1.165, 1.54) is 38.5 Å². The summed E-state index contributed by atoms with van der Waals surface area (Å²) in [6.07, 6.45) is 10.5. The van der Waals surface area contributed by atoms with E-state index in [1.807, 2.05) is 0 Å². The quantitative estimate of drug-likeness (QED) is 0.277. The fraction of sp³-hybridized carbons (Fsp3) is 0.739. The lowest BCUT2D eigenvalue weighted by Crippen LogP contribution is -2.35. The smallest absolute Gasteiger partial charge is 0.243 e. The van der Waals surface area contributed by atoms with E-state index in [4.69, 9.17) is 5.73 Å². The highest BCUT2D eigenvalue weighted by Gasteiger charge is 2.23. The molecule has 0 aromatic heterocycles. The molecule has 0 spiro atoms. The molecule has 0 saturated heterocycles. The molecular formula is C23H43N3O2S. The van der Waals surface area contributed by atoms with E-state index >= 15 is 0 Å². The summed E-state index contributed by atoms with van der Waals surface area (Å²) in [6, 6.07) is 6.57. The SMILES string of the molecule is CCCCCCCCCCN(CCCN(CC)CC)S(=O)(=O)c1ccc(N)cc1. The van der Waals surface area contributed by atoms with E-state index < -0.39 is 10.0 Å². The minimum Gasteiger partial charge on any atom is -0.399 e. The van der Waals surface area contributed by atoms with Gasteiger partial charge in [0.1, 0.15) is 0 Å². The van der Waals surface area contributed by atoms with Crippen LogP contribution in [0.2, 0.25) is 0 Å². The minimum atomic E-state index is -3.47. The van der Waals surface area contributed by atoms with Gasteiger partial charge in [-0.05, 0) is 56.7 Å². The molecule has 29 heavy (non-hydrogen) atoms. The molecule has 0 saturated carbocycles. The van der Waals surface area contributed by atoms with Crippen LogP contribution in [-0.2, 0) is 10.0 Å². The Bertz CT molecular complexity index is 628. The maximum absolute atomic E-state index is 13.2. The Morgan fingerprint density at radius 1 is 0.724 bits per heavy atom. The van der Waals surface area contributed by atoms with Gasteiger partial charge in [-0.15, -0.1) is 0 Å². The van der Waals surface area contributed by atoms with Gasteiger partial charge in [-0.3, -0.25) is 0 Å². The molecule has 1 rings (SSSR count). The van der Waals surface area contributed by atoms with Crippen molar-refractivity contribution in [2.75, 3.05) is 38.5 Å². The number of benzene rings is 1. The van der Waals surface area contributed by atoms with Crippen LogP contribution in [0.1, 0.15) is 78.6 Å². The summed E-state index contributed by atoms with van der Waals surface area (Å²) < 4.78 is 28.0. The summed E-state index contributed by atoms with van der Waals surface area (Å²) in [7, 11) is -3.47. The second kappa shape index (κ2) is 14.8. The summed E-state index contributed by atoms with van der Waals surface area (Å²) in [5.41, 5.74) is 6.32. The Morgan fingerprint density at radius 2 is 1.24 bits per heavy atom. The van der Waals surface area contributed by atoms with Gasteiger partial charge in [0, 0.05) is 18.8 Å². The summed E-state index contributed by atoms with van der Waals surface area (Å²) in [6.45, 7) is 10.6. The molecule has 0 heterocycles. The average molecular weight is 426 g/mol. The van der Waals surface area contributed by atoms with Crippen molar-refractivity contribution in [2.45, 2.75) is 83.5 Å². The lowest BCUT2D eigenvalue weighted by molar-refractivity contribution is 0.282. The third-order valence-electron chi connectivity index (χ3n) is 5.56. The van der Waals surface area contributed by atoms with Gasteiger partial charge in [-0.2, -0.15) is 4.31 Å². The van der Waals surface area contributed by atoms with Crippen LogP contribution in [0.25, 0.3) is 0 Å². The lowest BCUT2D eigenvalue weighted by atomic mass is 10.1. The van der Waals surface area contributed by atoms with Crippen molar-refractivity contribution in [3.05, 3.63) is 24.3 Å². The molecule has 0 fully saturated rings. The standard InChI is InChI=1S/C23H43N3O2S/c1-4-7-8-9-10-11-12-13-20-26(21-14-19-25(5-2)6-3)29(27,28)23-17-15-22(24)16-18-23/h15-18H,4-14,19-21,24H2,1-3H3. The first-order chi connectivity index (χ1) is 14.0. The Balaban J connectivity index is 2.62. The fourth-order valence-electron chi connectivity index (χ4n) is 3.57. The van der Waals surface area contributed by atoms with E-state index in [1.54, 1.807) is 28.6 Å². The largest absolute Gasteiger partial charge is 0.399 e. The van der Waals surface area contributed by atoms with Crippen molar-refractivity contribution >= 4 is 15.7 Å². The molecule has 1 aromatic rings. The zero-order valence-electron chi connectivity index (χ0n) is 18.9. The van der Waals surface area contributed by atoms with Gasteiger partial charge in [-0.25, -0.2) is 8.42 Å². The van der Waals surface area contributed by atoms with Gasteiger partial charge < -0.3 is 10.6 Å². The highest BCUT2D eigenvalue weighted by Crippen LogP contribution is 2.19. The number of nitrogens with zero attached hydrogens (tertiary/aromatic N) is 2. The number of unbranched alkanes of at least 4 members (excludes halogenated alkanes) is 7. The van der Waals surface area contributed by atoms with E-state index in [0.717, 1.165) is 38.9 Å². The van der Waals surface area contributed by atoms with Crippen molar-refractivity contribution in [3.63, 3.8) is 0 Å². The van der Waals surface area contributed by atoms with Crippen LogP contribution in [0.5, 0.6) is 0 Å². The molecule has 0 amide bonds. The number of hydrogen-bond acceptors (Lipinski definition) is 4. The Morgan fingerprint density at radius 3 is 1.79 bits per heavy atom. The van der Waals surface area contributed by atoms with Crippen molar-refractivity contribution in [2.24, 2.45) is 0 Å². The zero-order valence-corrected chi connectivity index (χ0v) is 19.7. The molecule has 5 nitrogen and oxygen atoms in total. The van der Waals surface area contributed by atoms with Gasteiger partial charge in [0.05, 0.1) is 4.90 Å². The van der Waals surface area contributed by atoms with Gasteiger partial charge >= 0.3 is 0 Å². The van der Waals surface area contributed by atoms with E-state index in [-0.39, 0.29) is 0 Å². The van der Waals surface area contributed by atoms with E-state index in [0.29, 0.717) is 23.7 Å². The van der Waals surface area contributed by atoms with Crippen molar-refractivity contribution in [3.8, 4) is 0 Å². The van der Waals surface area contributed by atoms with E-state index in [9.17, 15) is 8.42 Å². The molecule has 1 aromatic carbocycles. The van der Waals surface area contributed by atoms with Crippen LogP contribution in [0.4, 0.5) is 5.69 Å². The first kappa shape index (κ1) is 25.9. The van der Waals surface area contributed by atoms with E-state index in [2.05, 4.69) is 25.7 Å². The molecule has 2 N–H and O–H groups in total. The maximum atomic E-state index is 13.2. The Labute approximate surface area is 179 Å². The Kier molecular flexibility index (Phi) is 13.2. The summed E-state index contributed by atoms with van der Waals surface area (Å²) >= 11 is 0. The summed E-state index contributed by atoms with van der Waals surface area (Å²) in [5, 5.41) is 0. The predicted octanol–water partition coefficient (Wildman–Crippen LogP) is 5.13. The zero-order chi connectivity index (χ0) is 21.5. The topological polar surface area (TPSA) is 66.6 Å². The molecule has 0 aliphatic heterocycles. The molecule has 0 aliphatic carbocycles. The molecule has 168 valence electrons. The lowest BCUT2D eigenvalue weighted by Gasteiger charge is -2.24. The average Bonchev–Trinajstić information content (AvgIpc) is 2.71. The number of nitrogens with two attached hydrogens (primary N) is 1. The fourth-order valence-corrected chi connectivity index (χ4v) is 5.09. The normalized spacial score (nSPS) is 12.2. The van der Waals surface area contributed by atoms with Crippen LogP contribution in [0, 0.1) is 0 Å². The second-order valence-corrected chi connectivity index (χ2v) is 9.77. The molecule has 0 bridgehead atoms. The number of nitrogen functional groups attached to an aromatic ring is 1. The van der Waals surface area contributed by atoms with Crippen molar-refractivity contribution < 1.29 is 8.42 Å². The van der Waals surface area contributed by atoms with Crippen LogP contribution in [-0.4, -0.2) is 50.3 Å². The molecular weight excluding hydrogens is 382 g/mol. The summed E-state index contributed by atoms with van der Waals surface area (Å²) in [4.78, 5) is 2.68. The molecule has 0 atom stereocenters. The first-order valence-electron chi connectivity index (χ1n) is 11.5. The monoisotopic (exact) mass is 425 g/mol. The third-order valence-corrected chi connectivity index (χ3v) is 7.47. The van der Waals surface area contributed by atoms with Gasteiger partial charge in [-0.1, -0.05) is 65.7 Å². The third kappa shape index (κ3) is 9.96. The number of rotatable bonds is 17. The molecule has 6 heteroatoms. The van der Waals surface area contributed by atoms with Gasteiger partial charge in [0.25, 0.3) is 0 Å². The number of anilines is 1. The van der Waals surface area contributed by atoms with Crippen LogP contribution in [0.3, 0.4) is 0 Å². The highest BCUT2D eigenvalue weighted by atomic mass is 32.2. The van der Waals surface area contributed by atoms with Gasteiger partial charge in [0.2, 0.25) is 10.0 Å². The van der Waals surface area contributed by atoms with Crippen molar-refractivity contribution in [1.82, 2.24) is 9.21 Å². The Hall–Kier alpha value is -1.11. The van der Waals surface area contributed by atoms with Gasteiger partial charge in [0.15, 0.2) is 0 Å². The minimum absolute atomic E-state index is 0.342. The number of hydrogen-bond donors (Lipinski definition) is 1. The number of sulfonamides is 1. The maximum Gasteiger partial charge on any atom is 0.243 e. The van der Waals surface area contributed by atoms with Crippen molar-refractivity contribution in [1.29, 1.82) is 0 Å². The van der Waals surface area contributed by atoms with Crippen LogP contribution in [0.15, 0.2) is 29.2 Å². The second-order valence-electron chi connectivity index (χ2n) is 7.83. The predicted molar refractivity (Wildman–Crippen MR) is 125 cm³/mol. The molecule has 0 aliphatic rings. The summed E-state index contributed by atoms with van der Waals surface area (Å²) in [5.74, 6) is 0.